The number of nitrogen functional groups attached to an aromatic ring is 1. The maximum Gasteiger partial charge on any atom is 0.256 e. The molecule has 1 saturated heterocycles. The minimum Gasteiger partial charge on any atom is -0.396 e. The van der Waals surface area contributed by atoms with Crippen LogP contribution in [0.1, 0.15) is 29.2 Å². The Hall–Kier alpha value is -2.15. The Morgan fingerprint density at radius 2 is 2.27 bits per heavy atom. The van der Waals surface area contributed by atoms with Crippen LogP contribution >= 0.6 is 11.6 Å². The molecule has 8 heteroatoms. The zero-order valence-corrected chi connectivity index (χ0v) is 12.5. The summed E-state index contributed by atoms with van der Waals surface area (Å²) in [6.45, 7) is 1.08. The third-order valence-electron chi connectivity index (χ3n) is 3.82. The second-order valence-corrected chi connectivity index (χ2v) is 5.71. The molecule has 1 aromatic heterocycles. The van der Waals surface area contributed by atoms with Crippen LogP contribution in [-0.4, -0.2) is 38.7 Å². The number of halogens is 2. The van der Waals surface area contributed by atoms with Gasteiger partial charge in [0.05, 0.1) is 17.3 Å². The summed E-state index contributed by atoms with van der Waals surface area (Å²) >= 11 is 5.83. The molecule has 2 aromatic rings. The van der Waals surface area contributed by atoms with Gasteiger partial charge in [-0.3, -0.25) is 4.79 Å². The highest BCUT2D eigenvalue weighted by Crippen LogP contribution is 2.26. The second-order valence-electron chi connectivity index (χ2n) is 5.27. The van der Waals surface area contributed by atoms with Gasteiger partial charge in [-0.15, -0.1) is 0 Å². The van der Waals surface area contributed by atoms with E-state index in [9.17, 15) is 9.18 Å². The number of carbonyl (C=O) groups excluding carboxylic acids is 1. The van der Waals surface area contributed by atoms with E-state index in [0.29, 0.717) is 13.1 Å². The molecule has 0 bridgehead atoms. The fourth-order valence-electron chi connectivity index (χ4n) is 2.69. The van der Waals surface area contributed by atoms with Crippen molar-refractivity contribution in [3.8, 4) is 0 Å². The monoisotopic (exact) mass is 323 g/mol. The van der Waals surface area contributed by atoms with E-state index in [4.69, 9.17) is 17.3 Å². The van der Waals surface area contributed by atoms with E-state index in [0.717, 1.165) is 18.9 Å². The van der Waals surface area contributed by atoms with Crippen LogP contribution in [-0.2, 0) is 0 Å². The van der Waals surface area contributed by atoms with Crippen LogP contribution in [0.2, 0.25) is 5.02 Å². The normalized spacial score (nSPS) is 18.5. The van der Waals surface area contributed by atoms with Gasteiger partial charge in [0, 0.05) is 18.1 Å². The van der Waals surface area contributed by atoms with Crippen molar-refractivity contribution in [2.45, 2.75) is 18.9 Å². The zero-order valence-electron chi connectivity index (χ0n) is 11.7. The Morgan fingerprint density at radius 1 is 1.45 bits per heavy atom. The largest absolute Gasteiger partial charge is 0.396 e. The van der Waals surface area contributed by atoms with Crippen molar-refractivity contribution in [1.82, 2.24) is 19.7 Å². The number of benzene rings is 1. The molecule has 6 nitrogen and oxygen atoms in total. The highest BCUT2D eigenvalue weighted by Gasteiger charge is 2.27. The molecule has 1 fully saturated rings. The third kappa shape index (κ3) is 2.76. The molecule has 3 rings (SSSR count). The fourth-order valence-corrected chi connectivity index (χ4v) is 2.90. The Bertz CT molecular complexity index is 691. The Kier molecular flexibility index (Phi) is 3.98. The molecule has 1 amide bonds. The molecule has 2 heterocycles. The van der Waals surface area contributed by atoms with Crippen LogP contribution in [0.25, 0.3) is 0 Å². The summed E-state index contributed by atoms with van der Waals surface area (Å²) in [5.74, 6) is -0.996. The van der Waals surface area contributed by atoms with Crippen LogP contribution in [0.15, 0.2) is 24.8 Å². The molecule has 0 aliphatic carbocycles. The zero-order chi connectivity index (χ0) is 15.7. The number of nitrogens with zero attached hydrogens (tertiary/aromatic N) is 4. The molecular formula is C14H15ClFN5O. The van der Waals surface area contributed by atoms with Crippen molar-refractivity contribution in [3.05, 3.63) is 41.2 Å². The van der Waals surface area contributed by atoms with E-state index < -0.39 is 5.82 Å². The first-order chi connectivity index (χ1) is 10.6. The van der Waals surface area contributed by atoms with Gasteiger partial charge in [-0.25, -0.2) is 14.1 Å². The minimum atomic E-state index is -0.680. The fraction of sp³-hybridized carbons (Fsp3) is 0.357. The molecule has 0 spiro atoms. The first-order valence-electron chi connectivity index (χ1n) is 6.94. The number of hydrogen-bond donors (Lipinski definition) is 1. The number of piperidine rings is 1. The number of nitrogens with two attached hydrogens (primary N) is 1. The van der Waals surface area contributed by atoms with Crippen LogP contribution < -0.4 is 5.73 Å². The molecule has 0 unspecified atom stereocenters. The molecule has 1 aliphatic heterocycles. The molecule has 116 valence electrons. The topological polar surface area (TPSA) is 77.0 Å². The highest BCUT2D eigenvalue weighted by molar-refractivity contribution is 6.31. The molecule has 1 atom stereocenters. The predicted octanol–water partition coefficient (Wildman–Crippen LogP) is 2.13. The van der Waals surface area contributed by atoms with Gasteiger partial charge in [0.1, 0.15) is 18.5 Å². The van der Waals surface area contributed by atoms with Crippen molar-refractivity contribution in [2.24, 2.45) is 0 Å². The summed E-state index contributed by atoms with van der Waals surface area (Å²) in [6.07, 6.45) is 4.84. The second kappa shape index (κ2) is 5.92. The number of rotatable bonds is 2. The van der Waals surface area contributed by atoms with Gasteiger partial charge in [-0.1, -0.05) is 11.6 Å². The van der Waals surface area contributed by atoms with Crippen molar-refractivity contribution in [2.75, 3.05) is 18.8 Å². The summed E-state index contributed by atoms with van der Waals surface area (Å²) in [6, 6.07) is 2.56. The van der Waals surface area contributed by atoms with Crippen molar-refractivity contribution < 1.29 is 9.18 Å². The molecule has 0 radical (unpaired) electrons. The Balaban J connectivity index is 1.83. The smallest absolute Gasteiger partial charge is 0.256 e. The van der Waals surface area contributed by atoms with Gasteiger partial charge in [0.15, 0.2) is 0 Å². The number of likely N-dealkylation sites (tertiary alicyclic amines) is 1. The number of amides is 1. The number of hydrogen-bond acceptors (Lipinski definition) is 4. The van der Waals surface area contributed by atoms with Gasteiger partial charge < -0.3 is 10.6 Å². The number of anilines is 1. The van der Waals surface area contributed by atoms with Crippen LogP contribution in [0.5, 0.6) is 0 Å². The van der Waals surface area contributed by atoms with Crippen molar-refractivity contribution in [3.63, 3.8) is 0 Å². The summed E-state index contributed by atoms with van der Waals surface area (Å²) in [4.78, 5) is 18.2. The average molecular weight is 324 g/mol. The Labute approximate surface area is 131 Å². The summed E-state index contributed by atoms with van der Waals surface area (Å²) in [5.41, 5.74) is 5.61. The number of aromatic nitrogens is 3. The lowest BCUT2D eigenvalue weighted by Crippen LogP contribution is -2.41. The summed E-state index contributed by atoms with van der Waals surface area (Å²) < 4.78 is 15.4. The van der Waals surface area contributed by atoms with Crippen LogP contribution in [0, 0.1) is 5.82 Å². The van der Waals surface area contributed by atoms with E-state index in [1.807, 2.05) is 0 Å². The van der Waals surface area contributed by atoms with E-state index in [2.05, 4.69) is 10.1 Å². The van der Waals surface area contributed by atoms with Gasteiger partial charge >= 0.3 is 0 Å². The van der Waals surface area contributed by atoms with E-state index in [1.54, 1.807) is 15.9 Å². The SMILES string of the molecule is Nc1c(F)cc(Cl)cc1C(=O)N1CCC[C@@H](n2cncn2)C1. The molecule has 1 aliphatic rings. The lowest BCUT2D eigenvalue weighted by atomic mass is 10.0. The molecule has 2 N–H and O–H groups in total. The number of carbonyl (C=O) groups is 1. The van der Waals surface area contributed by atoms with Crippen molar-refractivity contribution >= 4 is 23.2 Å². The highest BCUT2D eigenvalue weighted by atomic mass is 35.5. The third-order valence-corrected chi connectivity index (χ3v) is 4.04. The quantitative estimate of drug-likeness (QED) is 0.859. The lowest BCUT2D eigenvalue weighted by Gasteiger charge is -2.33. The van der Waals surface area contributed by atoms with Gasteiger partial charge in [0.25, 0.3) is 5.91 Å². The maximum absolute atomic E-state index is 13.7. The van der Waals surface area contributed by atoms with Gasteiger partial charge in [-0.05, 0) is 25.0 Å². The van der Waals surface area contributed by atoms with E-state index in [-0.39, 0.29) is 28.2 Å². The first kappa shape index (κ1) is 14.8. The van der Waals surface area contributed by atoms with E-state index in [1.165, 1.54) is 12.4 Å². The van der Waals surface area contributed by atoms with Crippen LogP contribution in [0.4, 0.5) is 10.1 Å². The molecule has 1 aromatic carbocycles. The average Bonchev–Trinajstić information content (AvgIpc) is 3.05. The van der Waals surface area contributed by atoms with Gasteiger partial charge in [-0.2, -0.15) is 5.10 Å². The lowest BCUT2D eigenvalue weighted by molar-refractivity contribution is 0.0673. The van der Waals surface area contributed by atoms with Crippen LogP contribution in [0.3, 0.4) is 0 Å². The molecular weight excluding hydrogens is 309 g/mol. The standard InChI is InChI=1S/C14H15ClFN5O/c15-9-4-11(13(17)12(16)5-9)14(22)20-3-1-2-10(6-20)21-8-18-7-19-21/h4-5,7-8,10H,1-3,6,17H2/t10-/m1/s1. The Morgan fingerprint density at radius 3 is 3.00 bits per heavy atom. The summed E-state index contributed by atoms with van der Waals surface area (Å²) in [7, 11) is 0. The first-order valence-corrected chi connectivity index (χ1v) is 7.32. The van der Waals surface area contributed by atoms with Gasteiger partial charge in [0.2, 0.25) is 0 Å². The van der Waals surface area contributed by atoms with Crippen molar-refractivity contribution in [1.29, 1.82) is 0 Å². The molecule has 22 heavy (non-hydrogen) atoms. The molecule has 0 saturated carbocycles. The maximum atomic E-state index is 13.7. The summed E-state index contributed by atoms with van der Waals surface area (Å²) in [5, 5.41) is 4.27. The predicted molar refractivity (Wildman–Crippen MR) is 80.0 cm³/mol. The van der Waals surface area contributed by atoms with E-state index >= 15 is 0 Å². The minimum absolute atomic E-state index is 0.0606.